The zero-order valence-electron chi connectivity index (χ0n) is 11.0. The van der Waals surface area contributed by atoms with Crippen LogP contribution in [0.3, 0.4) is 0 Å². The molecule has 1 aliphatic rings. The van der Waals surface area contributed by atoms with E-state index in [4.69, 9.17) is 14.6 Å². The molecule has 0 aliphatic carbocycles. The first-order chi connectivity index (χ1) is 9.49. The van der Waals surface area contributed by atoms with Crippen molar-refractivity contribution in [1.29, 1.82) is 0 Å². The number of aliphatic hydroxyl groups is 3. The van der Waals surface area contributed by atoms with E-state index >= 15 is 0 Å². The first kappa shape index (κ1) is 14.8. The SMILES string of the molecule is C[C@@H]1O[C@@H](OC=Cc2ccc(O)cc2)[C@H](O)[C@H](O)[C@H]1O. The Balaban J connectivity index is 1.94. The quantitative estimate of drug-likeness (QED) is 0.591. The van der Waals surface area contributed by atoms with Crippen LogP contribution in [0.2, 0.25) is 0 Å². The first-order valence-electron chi connectivity index (χ1n) is 6.30. The second-order valence-electron chi connectivity index (χ2n) is 4.71. The topological polar surface area (TPSA) is 99.4 Å². The van der Waals surface area contributed by atoms with Crippen LogP contribution < -0.4 is 0 Å². The van der Waals surface area contributed by atoms with Crippen LogP contribution >= 0.6 is 0 Å². The number of aliphatic hydroxyl groups excluding tert-OH is 3. The van der Waals surface area contributed by atoms with Gasteiger partial charge in [0.15, 0.2) is 0 Å². The van der Waals surface area contributed by atoms with Gasteiger partial charge in [0.2, 0.25) is 6.29 Å². The van der Waals surface area contributed by atoms with E-state index in [9.17, 15) is 15.3 Å². The molecule has 0 unspecified atom stereocenters. The van der Waals surface area contributed by atoms with Crippen molar-refractivity contribution in [3.63, 3.8) is 0 Å². The lowest BCUT2D eigenvalue weighted by Gasteiger charge is -2.38. The molecule has 1 aliphatic heterocycles. The fraction of sp³-hybridized carbons (Fsp3) is 0.429. The van der Waals surface area contributed by atoms with E-state index in [1.54, 1.807) is 25.1 Å². The van der Waals surface area contributed by atoms with Gasteiger partial charge in [-0.15, -0.1) is 0 Å². The van der Waals surface area contributed by atoms with Gasteiger partial charge in [0.1, 0.15) is 24.1 Å². The highest BCUT2D eigenvalue weighted by Crippen LogP contribution is 2.22. The second kappa shape index (κ2) is 6.23. The summed E-state index contributed by atoms with van der Waals surface area (Å²) in [7, 11) is 0. The Morgan fingerprint density at radius 2 is 1.70 bits per heavy atom. The second-order valence-corrected chi connectivity index (χ2v) is 4.71. The molecular weight excluding hydrogens is 264 g/mol. The molecule has 0 aromatic heterocycles. The van der Waals surface area contributed by atoms with Crippen molar-refractivity contribution in [1.82, 2.24) is 0 Å². The van der Waals surface area contributed by atoms with E-state index in [0.717, 1.165) is 5.56 Å². The summed E-state index contributed by atoms with van der Waals surface area (Å²) in [6.45, 7) is 1.58. The van der Waals surface area contributed by atoms with Gasteiger partial charge in [-0.3, -0.25) is 0 Å². The molecule has 20 heavy (non-hydrogen) atoms. The van der Waals surface area contributed by atoms with E-state index < -0.39 is 30.7 Å². The van der Waals surface area contributed by atoms with Crippen molar-refractivity contribution in [2.45, 2.75) is 37.6 Å². The average molecular weight is 282 g/mol. The van der Waals surface area contributed by atoms with Crippen molar-refractivity contribution >= 4 is 6.08 Å². The molecule has 1 heterocycles. The molecule has 1 aromatic carbocycles. The van der Waals surface area contributed by atoms with Crippen LogP contribution in [0.15, 0.2) is 30.5 Å². The van der Waals surface area contributed by atoms with Gasteiger partial charge in [0, 0.05) is 0 Å². The molecule has 0 amide bonds. The maximum absolute atomic E-state index is 9.73. The standard InChI is InChI=1S/C14H18O6/c1-8-11(16)12(17)13(18)14(20-8)19-7-6-9-2-4-10(15)5-3-9/h2-8,11-18H,1H3/t8-,11-,12+,13+,14+/m0/s1. The molecule has 4 N–H and O–H groups in total. The largest absolute Gasteiger partial charge is 0.508 e. The Labute approximate surface area is 116 Å². The number of phenols is 1. The molecular formula is C14H18O6. The lowest BCUT2D eigenvalue weighted by Crippen LogP contribution is -2.56. The van der Waals surface area contributed by atoms with E-state index in [1.165, 1.54) is 18.4 Å². The lowest BCUT2D eigenvalue weighted by molar-refractivity contribution is -0.278. The predicted octanol–water partition coefficient (Wildman–Crippen LogP) is 0.207. The predicted molar refractivity (Wildman–Crippen MR) is 70.6 cm³/mol. The van der Waals surface area contributed by atoms with Gasteiger partial charge in [-0.05, 0) is 30.7 Å². The van der Waals surface area contributed by atoms with E-state index in [0.29, 0.717) is 0 Å². The summed E-state index contributed by atoms with van der Waals surface area (Å²) < 4.78 is 10.5. The maximum atomic E-state index is 9.73. The van der Waals surface area contributed by atoms with Gasteiger partial charge in [-0.2, -0.15) is 0 Å². The van der Waals surface area contributed by atoms with Gasteiger partial charge < -0.3 is 29.9 Å². The molecule has 5 atom stereocenters. The molecule has 6 nitrogen and oxygen atoms in total. The van der Waals surface area contributed by atoms with Crippen molar-refractivity contribution in [3.05, 3.63) is 36.1 Å². The highest BCUT2D eigenvalue weighted by molar-refractivity contribution is 5.49. The Bertz CT molecular complexity index is 457. The molecule has 2 rings (SSSR count). The lowest BCUT2D eigenvalue weighted by atomic mass is 10.0. The molecule has 0 spiro atoms. The zero-order valence-corrected chi connectivity index (χ0v) is 11.0. The van der Waals surface area contributed by atoms with Gasteiger partial charge in [0.25, 0.3) is 0 Å². The van der Waals surface area contributed by atoms with E-state index in [1.807, 2.05) is 0 Å². The average Bonchev–Trinajstić information content (AvgIpc) is 2.44. The smallest absolute Gasteiger partial charge is 0.228 e. The minimum Gasteiger partial charge on any atom is -0.508 e. The van der Waals surface area contributed by atoms with E-state index in [-0.39, 0.29) is 5.75 Å². The third-order valence-electron chi connectivity index (χ3n) is 3.17. The fourth-order valence-corrected chi connectivity index (χ4v) is 1.91. The third-order valence-corrected chi connectivity index (χ3v) is 3.17. The van der Waals surface area contributed by atoms with Gasteiger partial charge in [0.05, 0.1) is 12.4 Å². The van der Waals surface area contributed by atoms with Crippen LogP contribution in [0.5, 0.6) is 5.75 Å². The minimum atomic E-state index is -1.33. The number of hydrogen-bond acceptors (Lipinski definition) is 6. The summed E-state index contributed by atoms with van der Waals surface area (Å²) in [5, 5.41) is 38.0. The summed E-state index contributed by atoms with van der Waals surface area (Å²) in [6, 6.07) is 6.45. The number of ether oxygens (including phenoxy) is 2. The Hall–Kier alpha value is -1.60. The zero-order chi connectivity index (χ0) is 14.7. The number of rotatable bonds is 3. The van der Waals surface area contributed by atoms with Crippen LogP contribution in [0.1, 0.15) is 12.5 Å². The highest BCUT2D eigenvalue weighted by Gasteiger charge is 2.42. The van der Waals surface area contributed by atoms with Gasteiger partial charge >= 0.3 is 0 Å². The summed E-state index contributed by atoms with van der Waals surface area (Å²) >= 11 is 0. The number of phenolic OH excluding ortho intramolecular Hbond substituents is 1. The molecule has 1 fully saturated rings. The molecule has 110 valence electrons. The Morgan fingerprint density at radius 3 is 2.35 bits per heavy atom. The van der Waals surface area contributed by atoms with Crippen molar-refractivity contribution < 1.29 is 29.9 Å². The normalized spacial score (nSPS) is 34.3. The van der Waals surface area contributed by atoms with Crippen molar-refractivity contribution in [2.24, 2.45) is 0 Å². The summed E-state index contributed by atoms with van der Waals surface area (Å²) in [6.07, 6.45) is -2.52. The van der Waals surface area contributed by atoms with Crippen LogP contribution in [-0.2, 0) is 9.47 Å². The maximum Gasteiger partial charge on any atom is 0.228 e. The highest BCUT2D eigenvalue weighted by atomic mass is 16.7. The fourth-order valence-electron chi connectivity index (χ4n) is 1.91. The van der Waals surface area contributed by atoms with Crippen LogP contribution in [0.4, 0.5) is 0 Å². The van der Waals surface area contributed by atoms with Gasteiger partial charge in [-0.25, -0.2) is 0 Å². The monoisotopic (exact) mass is 282 g/mol. The molecule has 0 bridgehead atoms. The summed E-state index contributed by atoms with van der Waals surface area (Å²) in [5.41, 5.74) is 0.793. The first-order valence-corrected chi connectivity index (χ1v) is 6.30. The summed E-state index contributed by atoms with van der Waals surface area (Å²) in [4.78, 5) is 0. The Morgan fingerprint density at radius 1 is 1.05 bits per heavy atom. The van der Waals surface area contributed by atoms with Crippen LogP contribution in [0.25, 0.3) is 6.08 Å². The number of hydrogen-bond donors (Lipinski definition) is 4. The molecule has 0 saturated carbocycles. The van der Waals surface area contributed by atoms with E-state index in [2.05, 4.69) is 0 Å². The Kier molecular flexibility index (Phi) is 4.61. The molecule has 6 heteroatoms. The van der Waals surface area contributed by atoms with Crippen molar-refractivity contribution in [3.8, 4) is 5.75 Å². The van der Waals surface area contributed by atoms with Crippen molar-refractivity contribution in [2.75, 3.05) is 0 Å². The van der Waals surface area contributed by atoms with Gasteiger partial charge in [-0.1, -0.05) is 12.1 Å². The third kappa shape index (κ3) is 3.29. The minimum absolute atomic E-state index is 0.167. The molecule has 0 radical (unpaired) electrons. The summed E-state index contributed by atoms with van der Waals surface area (Å²) in [5.74, 6) is 0.167. The molecule has 1 aromatic rings. The number of benzene rings is 1. The number of aromatic hydroxyl groups is 1. The molecule has 1 saturated heterocycles. The van der Waals surface area contributed by atoms with Crippen LogP contribution in [0, 0.1) is 0 Å². The van der Waals surface area contributed by atoms with Crippen LogP contribution in [-0.4, -0.2) is 51.1 Å².